The third-order valence-corrected chi connectivity index (χ3v) is 6.79. The lowest BCUT2D eigenvalue weighted by Gasteiger charge is -2.50. The number of piperidine rings is 2. The average molecular weight is 381 g/mol. The Bertz CT molecular complexity index is 820. The Morgan fingerprint density at radius 2 is 1.93 bits per heavy atom. The molecule has 0 radical (unpaired) electrons. The molecule has 1 aromatic carbocycles. The molecule has 1 amide bonds. The summed E-state index contributed by atoms with van der Waals surface area (Å²) in [6, 6.07) is 11.0. The summed E-state index contributed by atoms with van der Waals surface area (Å²) in [5.41, 5.74) is 3.37. The topological polar surface area (TPSA) is 41.4 Å². The van der Waals surface area contributed by atoms with Crippen LogP contribution in [-0.2, 0) is 7.05 Å². The summed E-state index contributed by atoms with van der Waals surface area (Å²) in [5, 5.41) is 4.34. The Kier molecular flexibility index (Phi) is 5.28. The van der Waals surface area contributed by atoms with Crippen LogP contribution < -0.4 is 0 Å². The van der Waals surface area contributed by atoms with Crippen molar-refractivity contribution < 1.29 is 4.79 Å². The van der Waals surface area contributed by atoms with Crippen molar-refractivity contribution in [3.8, 4) is 0 Å². The molecule has 0 bridgehead atoms. The summed E-state index contributed by atoms with van der Waals surface area (Å²) in [6.45, 7) is 9.32. The van der Waals surface area contributed by atoms with E-state index >= 15 is 0 Å². The third kappa shape index (κ3) is 3.72. The monoisotopic (exact) mass is 380 g/mol. The number of amides is 1. The Balaban J connectivity index is 1.47. The summed E-state index contributed by atoms with van der Waals surface area (Å²) in [7, 11) is 1.88. The number of carbonyl (C=O) groups is 1. The third-order valence-electron chi connectivity index (χ3n) is 6.79. The number of nitrogens with zero attached hydrogens (tertiary/aromatic N) is 4. The number of benzene rings is 1. The average Bonchev–Trinajstić information content (AvgIpc) is 3.06. The molecule has 1 atom stereocenters. The van der Waals surface area contributed by atoms with Crippen LogP contribution in [0.3, 0.4) is 0 Å². The number of aromatic nitrogens is 2. The zero-order valence-corrected chi connectivity index (χ0v) is 17.4. The Morgan fingerprint density at radius 1 is 1.21 bits per heavy atom. The Hall–Kier alpha value is -2.14. The van der Waals surface area contributed by atoms with Crippen molar-refractivity contribution in [2.75, 3.05) is 32.7 Å². The first kappa shape index (κ1) is 19.2. The highest BCUT2D eigenvalue weighted by Crippen LogP contribution is 2.45. The van der Waals surface area contributed by atoms with E-state index in [4.69, 9.17) is 0 Å². The van der Waals surface area contributed by atoms with Crippen LogP contribution in [0.4, 0.5) is 0 Å². The van der Waals surface area contributed by atoms with Crippen LogP contribution in [-0.4, -0.2) is 58.2 Å². The predicted molar refractivity (Wildman–Crippen MR) is 111 cm³/mol. The molecule has 5 heteroatoms. The maximum absolute atomic E-state index is 13.0. The van der Waals surface area contributed by atoms with Gasteiger partial charge in [0.15, 0.2) is 0 Å². The molecule has 3 heterocycles. The van der Waals surface area contributed by atoms with Crippen LogP contribution in [0.5, 0.6) is 0 Å². The quantitative estimate of drug-likeness (QED) is 0.819. The minimum absolute atomic E-state index is 0.142. The van der Waals surface area contributed by atoms with Crippen LogP contribution in [0, 0.1) is 12.3 Å². The van der Waals surface area contributed by atoms with E-state index in [-0.39, 0.29) is 5.91 Å². The molecule has 0 unspecified atom stereocenters. The molecule has 2 saturated heterocycles. The smallest absolute Gasteiger partial charge is 0.257 e. The molecule has 2 aliphatic heterocycles. The molecule has 0 aliphatic carbocycles. The van der Waals surface area contributed by atoms with E-state index in [1.807, 2.05) is 25.1 Å². The van der Waals surface area contributed by atoms with Crippen molar-refractivity contribution in [1.29, 1.82) is 0 Å². The standard InChI is InChI=1S/C23H32N4O/c1-4-26-15-20(19-8-6-5-7-9-19)14-23(17-26)10-12-27(13-11-23)22(28)21-16-25(3)24-18(21)2/h5-9,16,20H,4,10-15,17H2,1-3H3/t20-/m0/s1. The van der Waals surface area contributed by atoms with E-state index in [0.29, 0.717) is 11.3 Å². The summed E-state index contributed by atoms with van der Waals surface area (Å²) in [6.07, 6.45) is 5.28. The Morgan fingerprint density at radius 3 is 2.54 bits per heavy atom. The fraction of sp³-hybridized carbons (Fsp3) is 0.565. The van der Waals surface area contributed by atoms with E-state index in [2.05, 4.69) is 47.3 Å². The van der Waals surface area contributed by atoms with Crippen molar-refractivity contribution in [3.63, 3.8) is 0 Å². The van der Waals surface area contributed by atoms with Crippen molar-refractivity contribution in [2.24, 2.45) is 12.5 Å². The number of likely N-dealkylation sites (N-methyl/N-ethyl adjacent to an activating group) is 1. The van der Waals surface area contributed by atoms with Gasteiger partial charge in [0, 0.05) is 39.4 Å². The first-order valence-electron chi connectivity index (χ1n) is 10.6. The van der Waals surface area contributed by atoms with Crippen molar-refractivity contribution in [1.82, 2.24) is 19.6 Å². The zero-order valence-electron chi connectivity index (χ0n) is 17.4. The molecule has 0 N–H and O–H groups in total. The maximum atomic E-state index is 13.0. The summed E-state index contributed by atoms with van der Waals surface area (Å²) >= 11 is 0. The second-order valence-corrected chi connectivity index (χ2v) is 8.73. The Labute approximate surface area is 168 Å². The molecule has 1 aromatic heterocycles. The van der Waals surface area contributed by atoms with Crippen LogP contribution in [0.2, 0.25) is 0 Å². The first-order chi connectivity index (χ1) is 13.5. The molecular weight excluding hydrogens is 348 g/mol. The van der Waals surface area contributed by atoms with E-state index in [1.165, 1.54) is 18.5 Å². The second-order valence-electron chi connectivity index (χ2n) is 8.73. The molecule has 0 saturated carbocycles. The lowest BCUT2D eigenvalue weighted by atomic mass is 9.68. The fourth-order valence-corrected chi connectivity index (χ4v) is 5.22. The van der Waals surface area contributed by atoms with Crippen molar-refractivity contribution >= 4 is 5.91 Å². The van der Waals surface area contributed by atoms with E-state index in [9.17, 15) is 4.79 Å². The minimum Gasteiger partial charge on any atom is -0.339 e. The number of likely N-dealkylation sites (tertiary alicyclic amines) is 2. The highest BCUT2D eigenvalue weighted by atomic mass is 16.2. The van der Waals surface area contributed by atoms with E-state index in [1.54, 1.807) is 4.68 Å². The number of hydrogen-bond acceptors (Lipinski definition) is 3. The number of carbonyl (C=O) groups excluding carboxylic acids is 1. The molecule has 2 aliphatic rings. The van der Waals surface area contributed by atoms with E-state index < -0.39 is 0 Å². The highest BCUT2D eigenvalue weighted by molar-refractivity contribution is 5.95. The molecule has 150 valence electrons. The number of rotatable bonds is 3. The molecule has 2 fully saturated rings. The lowest BCUT2D eigenvalue weighted by molar-refractivity contribution is 0.0158. The summed E-state index contributed by atoms with van der Waals surface area (Å²) < 4.78 is 1.73. The van der Waals surface area contributed by atoms with Crippen LogP contribution >= 0.6 is 0 Å². The van der Waals surface area contributed by atoms with Gasteiger partial charge in [-0.3, -0.25) is 9.48 Å². The van der Waals surface area contributed by atoms with Crippen molar-refractivity contribution in [3.05, 3.63) is 53.3 Å². The summed E-state index contributed by atoms with van der Waals surface area (Å²) in [4.78, 5) is 17.6. The highest BCUT2D eigenvalue weighted by Gasteiger charge is 2.42. The van der Waals surface area contributed by atoms with Gasteiger partial charge in [0.25, 0.3) is 5.91 Å². The van der Waals surface area contributed by atoms with Crippen LogP contribution in [0.1, 0.15) is 53.7 Å². The molecule has 28 heavy (non-hydrogen) atoms. The largest absolute Gasteiger partial charge is 0.339 e. The molecule has 2 aromatic rings. The number of hydrogen-bond donors (Lipinski definition) is 0. The zero-order chi connectivity index (χ0) is 19.7. The fourth-order valence-electron chi connectivity index (χ4n) is 5.22. The molecular formula is C23H32N4O. The van der Waals surface area contributed by atoms with Crippen LogP contribution in [0.15, 0.2) is 36.5 Å². The van der Waals surface area contributed by atoms with Crippen LogP contribution in [0.25, 0.3) is 0 Å². The molecule has 1 spiro atoms. The molecule has 4 rings (SSSR count). The first-order valence-corrected chi connectivity index (χ1v) is 10.6. The van der Waals surface area contributed by atoms with Gasteiger partial charge in [-0.05, 0) is 49.6 Å². The van der Waals surface area contributed by atoms with Crippen molar-refractivity contribution in [2.45, 2.75) is 39.0 Å². The van der Waals surface area contributed by atoms with Gasteiger partial charge in [0.1, 0.15) is 0 Å². The van der Waals surface area contributed by atoms with Gasteiger partial charge >= 0.3 is 0 Å². The van der Waals surface area contributed by atoms with Gasteiger partial charge in [0.2, 0.25) is 0 Å². The second kappa shape index (κ2) is 7.70. The van der Waals surface area contributed by atoms with Gasteiger partial charge < -0.3 is 9.80 Å². The maximum Gasteiger partial charge on any atom is 0.257 e. The van der Waals surface area contributed by atoms with E-state index in [0.717, 1.165) is 50.3 Å². The number of aryl methyl sites for hydroxylation is 2. The van der Waals surface area contributed by atoms with Gasteiger partial charge in [-0.25, -0.2) is 0 Å². The van der Waals surface area contributed by atoms with Gasteiger partial charge in [-0.1, -0.05) is 37.3 Å². The van der Waals surface area contributed by atoms with Gasteiger partial charge in [0.05, 0.1) is 11.3 Å². The van der Waals surface area contributed by atoms with Gasteiger partial charge in [-0.2, -0.15) is 5.10 Å². The molecule has 5 nitrogen and oxygen atoms in total. The minimum atomic E-state index is 0.142. The summed E-state index contributed by atoms with van der Waals surface area (Å²) in [5.74, 6) is 0.737. The lowest BCUT2D eigenvalue weighted by Crippen LogP contribution is -2.52. The predicted octanol–water partition coefficient (Wildman–Crippen LogP) is 3.46. The SMILES string of the molecule is CCN1C[C@@H](c2ccccc2)CC2(CCN(C(=O)c3cn(C)nc3C)CC2)C1. The normalized spacial score (nSPS) is 22.5. The van der Waals surface area contributed by atoms with Gasteiger partial charge in [-0.15, -0.1) is 0 Å².